The van der Waals surface area contributed by atoms with Crippen LogP contribution in [0.2, 0.25) is 0 Å². The van der Waals surface area contributed by atoms with E-state index in [1.54, 1.807) is 14.2 Å². The molecule has 0 aromatic carbocycles. The Bertz CT molecular complexity index is 347. The normalized spacial score (nSPS) is 19.6. The lowest BCUT2D eigenvalue weighted by Gasteiger charge is -2.17. The van der Waals surface area contributed by atoms with E-state index in [4.69, 9.17) is 9.47 Å². The second kappa shape index (κ2) is 4.29. The molecule has 0 saturated heterocycles. The summed E-state index contributed by atoms with van der Waals surface area (Å²) >= 11 is 0. The van der Waals surface area contributed by atoms with Gasteiger partial charge in [0, 0.05) is 32.2 Å². The Morgan fingerprint density at radius 3 is 2.73 bits per heavy atom. The molecule has 1 heterocycles. The van der Waals surface area contributed by atoms with Gasteiger partial charge in [-0.25, -0.2) is 0 Å². The Morgan fingerprint density at radius 2 is 2.07 bits per heavy atom. The first-order chi connectivity index (χ1) is 7.27. The Kier molecular flexibility index (Phi) is 3.03. The maximum Gasteiger partial charge on any atom is 0.184 e. The molecular formula is C12H17NO2. The van der Waals surface area contributed by atoms with Gasteiger partial charge in [0.1, 0.15) is 0 Å². The van der Waals surface area contributed by atoms with E-state index in [9.17, 15) is 0 Å². The number of fused-ring (bicyclic) bond motifs is 1. The SMILES string of the molecule is COC(OC)c1cncc2c1CCC2C. The molecule has 1 atom stereocenters. The summed E-state index contributed by atoms with van der Waals surface area (Å²) in [5, 5.41) is 0. The summed E-state index contributed by atoms with van der Waals surface area (Å²) in [7, 11) is 3.32. The zero-order chi connectivity index (χ0) is 10.8. The first kappa shape index (κ1) is 10.6. The maximum atomic E-state index is 5.28. The van der Waals surface area contributed by atoms with Crippen LogP contribution in [0.1, 0.15) is 42.2 Å². The lowest BCUT2D eigenvalue weighted by Crippen LogP contribution is -2.07. The van der Waals surface area contributed by atoms with Crippen LogP contribution in [0, 0.1) is 0 Å². The summed E-state index contributed by atoms with van der Waals surface area (Å²) in [6.07, 6.45) is 5.86. The molecule has 3 heteroatoms. The summed E-state index contributed by atoms with van der Waals surface area (Å²) in [5.41, 5.74) is 3.81. The van der Waals surface area contributed by atoms with Crippen molar-refractivity contribution in [3.8, 4) is 0 Å². The van der Waals surface area contributed by atoms with Crippen LogP contribution in [0.15, 0.2) is 12.4 Å². The van der Waals surface area contributed by atoms with Crippen molar-refractivity contribution in [1.29, 1.82) is 0 Å². The van der Waals surface area contributed by atoms with Crippen molar-refractivity contribution in [2.75, 3.05) is 14.2 Å². The van der Waals surface area contributed by atoms with E-state index in [2.05, 4.69) is 11.9 Å². The fourth-order valence-electron chi connectivity index (χ4n) is 2.30. The second-order valence-electron chi connectivity index (χ2n) is 4.04. The summed E-state index contributed by atoms with van der Waals surface area (Å²) in [4.78, 5) is 4.26. The second-order valence-corrected chi connectivity index (χ2v) is 4.04. The maximum absolute atomic E-state index is 5.28. The number of rotatable bonds is 3. The van der Waals surface area contributed by atoms with Gasteiger partial charge in [0.25, 0.3) is 0 Å². The van der Waals surface area contributed by atoms with Gasteiger partial charge in [-0.2, -0.15) is 0 Å². The minimum atomic E-state index is -0.280. The van der Waals surface area contributed by atoms with E-state index < -0.39 is 0 Å². The van der Waals surface area contributed by atoms with Crippen molar-refractivity contribution in [2.45, 2.75) is 32.0 Å². The van der Waals surface area contributed by atoms with Crippen molar-refractivity contribution < 1.29 is 9.47 Å². The first-order valence-corrected chi connectivity index (χ1v) is 5.30. The predicted molar refractivity (Wildman–Crippen MR) is 57.7 cm³/mol. The third-order valence-electron chi connectivity index (χ3n) is 3.16. The highest BCUT2D eigenvalue weighted by atomic mass is 16.7. The highest BCUT2D eigenvalue weighted by Gasteiger charge is 2.24. The molecule has 82 valence electrons. The van der Waals surface area contributed by atoms with E-state index in [1.165, 1.54) is 17.5 Å². The lowest BCUT2D eigenvalue weighted by atomic mass is 10.0. The molecular weight excluding hydrogens is 190 g/mol. The summed E-state index contributed by atoms with van der Waals surface area (Å²) < 4.78 is 10.6. The van der Waals surface area contributed by atoms with Crippen molar-refractivity contribution in [3.05, 3.63) is 29.1 Å². The summed E-state index contributed by atoms with van der Waals surface area (Å²) in [6, 6.07) is 0. The Balaban J connectivity index is 2.41. The molecule has 15 heavy (non-hydrogen) atoms. The van der Waals surface area contributed by atoms with Gasteiger partial charge >= 0.3 is 0 Å². The molecule has 0 bridgehead atoms. The van der Waals surface area contributed by atoms with Crippen LogP contribution in [0.4, 0.5) is 0 Å². The van der Waals surface area contributed by atoms with Crippen LogP contribution >= 0.6 is 0 Å². The molecule has 0 saturated carbocycles. The molecule has 3 nitrogen and oxygen atoms in total. The average Bonchev–Trinajstić information content (AvgIpc) is 2.64. The number of pyridine rings is 1. The molecule has 0 fully saturated rings. The molecule has 1 unspecified atom stereocenters. The van der Waals surface area contributed by atoms with Crippen LogP contribution in [0.3, 0.4) is 0 Å². The molecule has 1 aliphatic rings. The number of hydrogen-bond donors (Lipinski definition) is 0. The van der Waals surface area contributed by atoms with Gasteiger partial charge in [-0.1, -0.05) is 6.92 Å². The van der Waals surface area contributed by atoms with Crippen LogP contribution in [0.5, 0.6) is 0 Å². The van der Waals surface area contributed by atoms with E-state index >= 15 is 0 Å². The summed E-state index contributed by atoms with van der Waals surface area (Å²) in [5.74, 6) is 0.613. The molecule has 0 aliphatic heterocycles. The molecule has 0 radical (unpaired) electrons. The van der Waals surface area contributed by atoms with Gasteiger partial charge < -0.3 is 9.47 Å². The minimum Gasteiger partial charge on any atom is -0.352 e. The van der Waals surface area contributed by atoms with Crippen molar-refractivity contribution in [2.24, 2.45) is 0 Å². The lowest BCUT2D eigenvalue weighted by molar-refractivity contribution is -0.106. The van der Waals surface area contributed by atoms with Crippen molar-refractivity contribution in [3.63, 3.8) is 0 Å². The van der Waals surface area contributed by atoms with Crippen LogP contribution < -0.4 is 0 Å². The van der Waals surface area contributed by atoms with Crippen molar-refractivity contribution >= 4 is 0 Å². The standard InChI is InChI=1S/C12H17NO2/c1-8-4-5-9-10(8)6-13-7-11(9)12(14-2)15-3/h6-8,12H,4-5H2,1-3H3. The largest absolute Gasteiger partial charge is 0.352 e. The third-order valence-corrected chi connectivity index (χ3v) is 3.16. The molecule has 0 amide bonds. The van der Waals surface area contributed by atoms with Gasteiger partial charge in [-0.15, -0.1) is 0 Å². The number of methoxy groups -OCH3 is 2. The van der Waals surface area contributed by atoms with Gasteiger partial charge in [0.05, 0.1) is 0 Å². The fourth-order valence-corrected chi connectivity index (χ4v) is 2.30. The zero-order valence-electron chi connectivity index (χ0n) is 9.49. The summed E-state index contributed by atoms with van der Waals surface area (Å²) in [6.45, 7) is 2.24. The number of hydrogen-bond acceptors (Lipinski definition) is 3. The number of aromatic nitrogens is 1. The van der Waals surface area contributed by atoms with Crippen LogP contribution in [-0.4, -0.2) is 19.2 Å². The van der Waals surface area contributed by atoms with Crippen LogP contribution in [-0.2, 0) is 15.9 Å². The molecule has 1 aromatic rings. The van der Waals surface area contributed by atoms with Gasteiger partial charge in [-0.3, -0.25) is 4.98 Å². The predicted octanol–water partition coefficient (Wildman–Crippen LogP) is 2.42. The van der Waals surface area contributed by atoms with Crippen molar-refractivity contribution in [1.82, 2.24) is 4.98 Å². The highest BCUT2D eigenvalue weighted by Crippen LogP contribution is 2.36. The monoisotopic (exact) mass is 207 g/mol. The first-order valence-electron chi connectivity index (χ1n) is 5.30. The Labute approximate surface area is 90.4 Å². The number of nitrogens with zero attached hydrogens (tertiary/aromatic N) is 1. The number of ether oxygens (including phenoxy) is 2. The zero-order valence-corrected chi connectivity index (χ0v) is 9.49. The topological polar surface area (TPSA) is 31.4 Å². The van der Waals surface area contributed by atoms with Crippen LogP contribution in [0.25, 0.3) is 0 Å². The smallest absolute Gasteiger partial charge is 0.184 e. The van der Waals surface area contributed by atoms with Gasteiger partial charge in [0.15, 0.2) is 6.29 Å². The molecule has 0 spiro atoms. The van der Waals surface area contributed by atoms with Gasteiger partial charge in [0.2, 0.25) is 0 Å². The molecule has 1 aromatic heterocycles. The molecule has 2 rings (SSSR count). The highest BCUT2D eigenvalue weighted by molar-refractivity contribution is 5.38. The van der Waals surface area contributed by atoms with Gasteiger partial charge in [-0.05, 0) is 29.9 Å². The Morgan fingerprint density at radius 1 is 1.33 bits per heavy atom. The van der Waals surface area contributed by atoms with E-state index in [-0.39, 0.29) is 6.29 Å². The molecule has 0 N–H and O–H groups in total. The fraction of sp³-hybridized carbons (Fsp3) is 0.583. The van der Waals surface area contributed by atoms with E-state index in [1.807, 2.05) is 12.4 Å². The average molecular weight is 207 g/mol. The quantitative estimate of drug-likeness (QED) is 0.713. The van der Waals surface area contributed by atoms with E-state index in [0.29, 0.717) is 5.92 Å². The molecule has 1 aliphatic carbocycles. The van der Waals surface area contributed by atoms with E-state index in [0.717, 1.165) is 12.0 Å². The third kappa shape index (κ3) is 1.77. The minimum absolute atomic E-state index is 0.280. The Hall–Kier alpha value is -0.930.